The monoisotopic (exact) mass is 631 g/mol. The summed E-state index contributed by atoms with van der Waals surface area (Å²) in [5.41, 5.74) is 7.10. The Balaban J connectivity index is 1.19. The number of para-hydroxylation sites is 1. The van der Waals surface area contributed by atoms with Gasteiger partial charge < -0.3 is 4.74 Å². The average molecular weight is 632 g/mol. The van der Waals surface area contributed by atoms with Crippen molar-refractivity contribution in [3.8, 4) is 79.6 Å². The lowest BCUT2D eigenvalue weighted by atomic mass is 10.1. The van der Waals surface area contributed by atoms with E-state index in [-0.39, 0.29) is 0 Å². The fraction of sp³-hybridized carbons (Fsp3) is 0. The quantitative estimate of drug-likeness (QED) is 0.166. The number of ether oxygens (including phenoxy) is 1. The summed E-state index contributed by atoms with van der Waals surface area (Å²) in [7, 11) is 0. The van der Waals surface area contributed by atoms with Crippen LogP contribution < -0.4 is 4.74 Å². The Morgan fingerprint density at radius 2 is 0.735 bits per heavy atom. The molecular weight excluding hydrogens is 603 g/mol. The Hall–Kier alpha value is -6.79. The first-order valence-electron chi connectivity index (χ1n) is 16.0. The summed E-state index contributed by atoms with van der Waals surface area (Å²) < 4.78 is 6.60. The van der Waals surface area contributed by atoms with Gasteiger partial charge in [0.15, 0.2) is 23.3 Å². The van der Waals surface area contributed by atoms with Crippen molar-refractivity contribution in [1.82, 2.24) is 24.9 Å². The first-order valence-corrected chi connectivity index (χ1v) is 16.0. The van der Waals surface area contributed by atoms with Crippen LogP contribution >= 0.6 is 0 Å². The van der Waals surface area contributed by atoms with Crippen LogP contribution in [0.3, 0.4) is 0 Å². The van der Waals surface area contributed by atoms with Crippen molar-refractivity contribution in [2.45, 2.75) is 0 Å². The molecule has 0 radical (unpaired) electrons. The van der Waals surface area contributed by atoms with E-state index in [2.05, 4.69) is 24.3 Å². The summed E-state index contributed by atoms with van der Waals surface area (Å²) in [5.74, 6) is 3.60. The molecule has 0 fully saturated rings. The van der Waals surface area contributed by atoms with E-state index in [9.17, 15) is 0 Å². The molecule has 0 saturated heterocycles. The third kappa shape index (κ3) is 6.57. The van der Waals surface area contributed by atoms with Gasteiger partial charge in [0, 0.05) is 27.8 Å². The SMILES string of the molecule is c1ccc(-c2cc(-c3ccccc3)nc(-c3ccccc3Oc3cccc(-c4nc(-c5ccccc5)nc(-c5ccccc5)n4)c3)n2)cc1. The number of hydrogen-bond acceptors (Lipinski definition) is 6. The molecule has 0 atom stereocenters. The largest absolute Gasteiger partial charge is 0.457 e. The summed E-state index contributed by atoms with van der Waals surface area (Å²) in [6.07, 6.45) is 0. The fourth-order valence-electron chi connectivity index (χ4n) is 5.58. The molecule has 8 aromatic rings. The van der Waals surface area contributed by atoms with Crippen LogP contribution in [0.5, 0.6) is 11.5 Å². The minimum absolute atomic E-state index is 0.554. The van der Waals surface area contributed by atoms with Gasteiger partial charge in [0.2, 0.25) is 0 Å². The predicted octanol–water partition coefficient (Wildman–Crippen LogP) is 10.5. The van der Waals surface area contributed by atoms with Gasteiger partial charge >= 0.3 is 0 Å². The molecule has 0 unspecified atom stereocenters. The lowest BCUT2D eigenvalue weighted by Crippen LogP contribution is -2.00. The van der Waals surface area contributed by atoms with Crippen molar-refractivity contribution in [2.75, 3.05) is 0 Å². The van der Waals surface area contributed by atoms with Crippen molar-refractivity contribution in [1.29, 1.82) is 0 Å². The van der Waals surface area contributed by atoms with E-state index in [1.807, 2.05) is 152 Å². The standard InChI is InChI=1S/C43H29N5O/c1-5-16-30(17-6-1)37-29-38(31-18-7-2-8-19-31)45-43(44-37)36-26-13-14-27-39(36)49-35-25-15-24-34(28-35)42-47-40(32-20-9-3-10-21-32)46-41(48-42)33-22-11-4-12-23-33/h1-29H. The second-order valence-corrected chi connectivity index (χ2v) is 11.4. The second kappa shape index (κ2) is 13.5. The molecule has 2 heterocycles. The number of hydrogen-bond donors (Lipinski definition) is 0. The molecule has 0 N–H and O–H groups in total. The normalized spacial score (nSPS) is 10.9. The number of benzene rings is 6. The molecule has 0 spiro atoms. The molecule has 6 heteroatoms. The Kier molecular flexibility index (Phi) is 8.17. The molecule has 0 saturated carbocycles. The van der Waals surface area contributed by atoms with Crippen LogP contribution in [0.2, 0.25) is 0 Å². The van der Waals surface area contributed by atoms with E-state index in [1.165, 1.54) is 0 Å². The third-order valence-corrected chi connectivity index (χ3v) is 8.01. The maximum absolute atomic E-state index is 6.60. The van der Waals surface area contributed by atoms with Crippen LogP contribution in [0.25, 0.3) is 68.1 Å². The molecule has 232 valence electrons. The highest BCUT2D eigenvalue weighted by Crippen LogP contribution is 2.35. The highest BCUT2D eigenvalue weighted by molar-refractivity contribution is 5.74. The molecule has 49 heavy (non-hydrogen) atoms. The van der Waals surface area contributed by atoms with Gasteiger partial charge in [-0.1, -0.05) is 146 Å². The van der Waals surface area contributed by atoms with E-state index in [0.717, 1.165) is 44.8 Å². The van der Waals surface area contributed by atoms with E-state index < -0.39 is 0 Å². The molecule has 6 aromatic carbocycles. The van der Waals surface area contributed by atoms with Crippen molar-refractivity contribution < 1.29 is 4.74 Å². The summed E-state index contributed by atoms with van der Waals surface area (Å²) in [6.45, 7) is 0. The molecule has 0 amide bonds. The van der Waals surface area contributed by atoms with E-state index in [1.54, 1.807) is 0 Å². The lowest BCUT2D eigenvalue weighted by Gasteiger charge is -2.14. The molecule has 0 aliphatic carbocycles. The minimum atomic E-state index is 0.554. The molecule has 6 nitrogen and oxygen atoms in total. The van der Waals surface area contributed by atoms with Gasteiger partial charge in [-0.05, 0) is 30.3 Å². The molecule has 8 rings (SSSR count). The predicted molar refractivity (Wildman–Crippen MR) is 195 cm³/mol. The zero-order valence-electron chi connectivity index (χ0n) is 26.4. The zero-order chi connectivity index (χ0) is 32.8. The third-order valence-electron chi connectivity index (χ3n) is 8.01. The van der Waals surface area contributed by atoms with Crippen LogP contribution in [0.15, 0.2) is 176 Å². The first kappa shape index (κ1) is 29.6. The number of rotatable bonds is 8. The Bertz CT molecular complexity index is 2230. The van der Waals surface area contributed by atoms with Crippen LogP contribution in [0, 0.1) is 0 Å². The lowest BCUT2D eigenvalue weighted by molar-refractivity contribution is 0.484. The van der Waals surface area contributed by atoms with Gasteiger partial charge in [-0.15, -0.1) is 0 Å². The molecule has 0 bridgehead atoms. The zero-order valence-corrected chi connectivity index (χ0v) is 26.4. The van der Waals surface area contributed by atoms with Gasteiger partial charge in [0.05, 0.1) is 17.0 Å². The van der Waals surface area contributed by atoms with Crippen molar-refractivity contribution in [2.24, 2.45) is 0 Å². The van der Waals surface area contributed by atoms with Gasteiger partial charge in [0.1, 0.15) is 11.5 Å². The minimum Gasteiger partial charge on any atom is -0.457 e. The number of nitrogens with zero attached hydrogens (tertiary/aromatic N) is 5. The highest BCUT2D eigenvalue weighted by atomic mass is 16.5. The molecule has 0 aliphatic heterocycles. The van der Waals surface area contributed by atoms with E-state index >= 15 is 0 Å². The second-order valence-electron chi connectivity index (χ2n) is 11.4. The van der Waals surface area contributed by atoms with Crippen LogP contribution in [0.1, 0.15) is 0 Å². The Morgan fingerprint density at radius 3 is 1.27 bits per heavy atom. The van der Waals surface area contributed by atoms with E-state index in [0.29, 0.717) is 34.8 Å². The Labute approximate surface area is 284 Å². The van der Waals surface area contributed by atoms with Gasteiger partial charge in [0.25, 0.3) is 0 Å². The topological polar surface area (TPSA) is 73.7 Å². The van der Waals surface area contributed by atoms with Gasteiger partial charge in [-0.2, -0.15) is 0 Å². The highest BCUT2D eigenvalue weighted by Gasteiger charge is 2.16. The van der Waals surface area contributed by atoms with Gasteiger partial charge in [-0.3, -0.25) is 0 Å². The molecule has 0 aliphatic rings. The summed E-state index contributed by atoms with van der Waals surface area (Å²) in [5, 5.41) is 0. The summed E-state index contributed by atoms with van der Waals surface area (Å²) in [6, 6.07) is 57.9. The Morgan fingerprint density at radius 1 is 0.306 bits per heavy atom. The van der Waals surface area contributed by atoms with Crippen molar-refractivity contribution in [3.05, 3.63) is 176 Å². The van der Waals surface area contributed by atoms with E-state index in [4.69, 9.17) is 29.7 Å². The van der Waals surface area contributed by atoms with Crippen molar-refractivity contribution >= 4 is 0 Å². The van der Waals surface area contributed by atoms with Gasteiger partial charge in [-0.25, -0.2) is 24.9 Å². The summed E-state index contributed by atoms with van der Waals surface area (Å²) >= 11 is 0. The van der Waals surface area contributed by atoms with Crippen LogP contribution in [0.4, 0.5) is 0 Å². The summed E-state index contributed by atoms with van der Waals surface area (Å²) in [4.78, 5) is 24.7. The van der Waals surface area contributed by atoms with Crippen molar-refractivity contribution in [3.63, 3.8) is 0 Å². The maximum Gasteiger partial charge on any atom is 0.164 e. The number of aromatic nitrogens is 5. The smallest absolute Gasteiger partial charge is 0.164 e. The van der Waals surface area contributed by atoms with Crippen LogP contribution in [-0.2, 0) is 0 Å². The average Bonchev–Trinajstić information content (AvgIpc) is 3.19. The fourth-order valence-corrected chi connectivity index (χ4v) is 5.58. The molecule has 2 aromatic heterocycles. The first-order chi connectivity index (χ1) is 24.3. The molecular formula is C43H29N5O. The van der Waals surface area contributed by atoms with Crippen LogP contribution in [-0.4, -0.2) is 24.9 Å². The maximum atomic E-state index is 6.60.